The predicted molar refractivity (Wildman–Crippen MR) is 40.8 cm³/mol. The second kappa shape index (κ2) is 6.50. The summed E-state index contributed by atoms with van der Waals surface area (Å²) in [6.45, 7) is 0. The molecule has 0 bridgehead atoms. The average molecular weight is 198 g/mol. The van der Waals surface area contributed by atoms with E-state index < -0.39 is 14.2 Å². The summed E-state index contributed by atoms with van der Waals surface area (Å²) in [4.78, 5) is 20.8. The standard InChI is InChI=1S/C7H12O3P.Na/c8-7(11(9)10)6-4-2-1-3-5-6;/h1-2,6-8,11H,3-5H2;/q-1;+1. The third-order valence-electron chi connectivity index (χ3n) is 2.00. The summed E-state index contributed by atoms with van der Waals surface area (Å²) in [5.74, 6) is -1.17. The van der Waals surface area contributed by atoms with Crippen molar-refractivity contribution in [2.24, 2.45) is 5.92 Å². The fourth-order valence-corrected chi connectivity index (χ4v) is 1.98. The monoisotopic (exact) mass is 198 g/mol. The number of rotatable bonds is 2. The molecule has 64 valence electrons. The minimum absolute atomic E-state index is 0. The zero-order chi connectivity index (χ0) is 8.27. The van der Waals surface area contributed by atoms with E-state index in [1.54, 1.807) is 0 Å². The van der Waals surface area contributed by atoms with Gasteiger partial charge in [0.1, 0.15) is 0 Å². The molecule has 3 nitrogen and oxygen atoms in total. The number of hydrogen-bond donors (Lipinski definition) is 1. The molecule has 0 aromatic heterocycles. The fraction of sp³-hybridized carbons (Fsp3) is 0.714. The van der Waals surface area contributed by atoms with E-state index in [4.69, 9.17) is 5.11 Å². The maximum Gasteiger partial charge on any atom is 1.00 e. The Morgan fingerprint density at radius 3 is 2.50 bits per heavy atom. The van der Waals surface area contributed by atoms with Gasteiger partial charge in [0.05, 0.1) is 0 Å². The van der Waals surface area contributed by atoms with Gasteiger partial charge in [-0.25, -0.2) is 0 Å². The summed E-state index contributed by atoms with van der Waals surface area (Å²) < 4.78 is 0. The van der Waals surface area contributed by atoms with Crippen LogP contribution < -0.4 is 39.3 Å². The van der Waals surface area contributed by atoms with Crippen molar-refractivity contribution in [2.45, 2.75) is 25.1 Å². The average Bonchev–Trinajstić information content (AvgIpc) is 2.05. The zero-order valence-electron chi connectivity index (χ0n) is 7.19. The Balaban J connectivity index is 0.00000121. The molecule has 1 aliphatic rings. The van der Waals surface area contributed by atoms with Gasteiger partial charge in [-0.15, -0.1) is 0 Å². The van der Waals surface area contributed by atoms with Gasteiger partial charge in [-0.05, 0) is 19.3 Å². The van der Waals surface area contributed by atoms with Crippen molar-refractivity contribution >= 4 is 8.38 Å². The van der Waals surface area contributed by atoms with Gasteiger partial charge in [-0.2, -0.15) is 0 Å². The van der Waals surface area contributed by atoms with Crippen molar-refractivity contribution in [2.75, 3.05) is 0 Å². The van der Waals surface area contributed by atoms with E-state index >= 15 is 0 Å². The molecule has 0 radical (unpaired) electrons. The van der Waals surface area contributed by atoms with Crippen LogP contribution in [0, 0.1) is 5.92 Å². The minimum Gasteiger partial charge on any atom is -0.683 e. The third kappa shape index (κ3) is 3.84. The van der Waals surface area contributed by atoms with Gasteiger partial charge in [0.15, 0.2) is 5.85 Å². The van der Waals surface area contributed by atoms with Crippen LogP contribution in [0.1, 0.15) is 19.3 Å². The van der Waals surface area contributed by atoms with Gasteiger partial charge in [0.2, 0.25) is 0 Å². The summed E-state index contributed by atoms with van der Waals surface area (Å²) in [5, 5.41) is 9.14. The molecule has 0 heterocycles. The molecule has 0 aromatic rings. The van der Waals surface area contributed by atoms with Crippen molar-refractivity contribution in [3.63, 3.8) is 0 Å². The minimum atomic E-state index is -2.99. The van der Waals surface area contributed by atoms with Crippen LogP contribution in [0.5, 0.6) is 0 Å². The van der Waals surface area contributed by atoms with Crippen molar-refractivity contribution in [1.29, 1.82) is 0 Å². The number of allylic oxidation sites excluding steroid dienone is 2. The topological polar surface area (TPSA) is 66.3 Å². The number of aliphatic hydroxyl groups excluding tert-OH is 1. The second-order valence-electron chi connectivity index (χ2n) is 2.81. The quantitative estimate of drug-likeness (QED) is 0.283. The zero-order valence-corrected chi connectivity index (χ0v) is 10.2. The number of hydrogen-bond acceptors (Lipinski definition) is 3. The molecule has 5 heteroatoms. The first-order chi connectivity index (χ1) is 5.22. The van der Waals surface area contributed by atoms with E-state index in [1.807, 2.05) is 12.2 Å². The van der Waals surface area contributed by atoms with Gasteiger partial charge in [-0.3, -0.25) is 0 Å². The summed E-state index contributed by atoms with van der Waals surface area (Å²) in [5.41, 5.74) is 0. The molecule has 12 heavy (non-hydrogen) atoms. The smallest absolute Gasteiger partial charge is 0.683 e. The molecule has 0 aromatic carbocycles. The number of aliphatic hydroxyl groups is 1. The van der Waals surface area contributed by atoms with E-state index in [2.05, 4.69) is 0 Å². The molecule has 1 N–H and O–H groups in total. The summed E-state index contributed by atoms with van der Waals surface area (Å²) in [6.07, 6.45) is 6.32. The first-order valence-electron chi connectivity index (χ1n) is 3.75. The van der Waals surface area contributed by atoms with Gasteiger partial charge < -0.3 is 14.9 Å². The van der Waals surface area contributed by atoms with Gasteiger partial charge in [0, 0.05) is 5.92 Å². The molecule has 0 amide bonds. The second-order valence-corrected chi connectivity index (χ2v) is 4.04. The van der Waals surface area contributed by atoms with Gasteiger partial charge in [-0.1, -0.05) is 20.5 Å². The van der Waals surface area contributed by atoms with Crippen LogP contribution in [0.15, 0.2) is 12.2 Å². The molecule has 0 fully saturated rings. The Bertz CT molecular complexity index is 152. The Hall–Kier alpha value is 1.05. The maximum absolute atomic E-state index is 10.4. The van der Waals surface area contributed by atoms with Crippen LogP contribution in [-0.4, -0.2) is 11.0 Å². The predicted octanol–water partition coefficient (Wildman–Crippen LogP) is -3.57. The Morgan fingerprint density at radius 2 is 2.08 bits per heavy atom. The first-order valence-corrected chi connectivity index (χ1v) is 5.15. The third-order valence-corrected chi connectivity index (χ3v) is 2.95. The fourth-order valence-electron chi connectivity index (χ4n) is 1.30. The summed E-state index contributed by atoms with van der Waals surface area (Å²) in [6, 6.07) is 0. The summed E-state index contributed by atoms with van der Waals surface area (Å²) >= 11 is 0. The molecule has 1 rings (SSSR count). The Morgan fingerprint density at radius 1 is 1.42 bits per heavy atom. The maximum atomic E-state index is 10.4. The molecule has 0 saturated carbocycles. The van der Waals surface area contributed by atoms with Crippen molar-refractivity contribution < 1.29 is 44.5 Å². The van der Waals surface area contributed by atoms with Gasteiger partial charge >= 0.3 is 29.6 Å². The summed E-state index contributed by atoms with van der Waals surface area (Å²) in [7, 11) is -2.99. The van der Waals surface area contributed by atoms with Crippen LogP contribution in [0.4, 0.5) is 0 Å². The first kappa shape index (κ1) is 13.1. The Kier molecular flexibility index (Phi) is 7.06. The van der Waals surface area contributed by atoms with Crippen LogP contribution in [0.2, 0.25) is 0 Å². The van der Waals surface area contributed by atoms with Crippen LogP contribution in [-0.2, 0) is 0 Å². The SMILES string of the molecule is [Na+].[O-][PH+]([O-])C(O)C1CC=CCC1. The largest absolute Gasteiger partial charge is 1.00 e. The van der Waals surface area contributed by atoms with Crippen molar-refractivity contribution in [3.05, 3.63) is 12.2 Å². The molecular formula is C7H12NaO3P. The Labute approximate surface area is 95.7 Å². The van der Waals surface area contributed by atoms with Crippen molar-refractivity contribution in [3.8, 4) is 0 Å². The van der Waals surface area contributed by atoms with Crippen LogP contribution in [0.3, 0.4) is 0 Å². The van der Waals surface area contributed by atoms with Gasteiger partial charge in [0.25, 0.3) is 0 Å². The van der Waals surface area contributed by atoms with Crippen molar-refractivity contribution in [1.82, 2.24) is 0 Å². The normalized spacial score (nSPS) is 25.2. The molecule has 2 unspecified atom stereocenters. The molecule has 0 spiro atoms. The molecule has 0 saturated heterocycles. The van der Waals surface area contributed by atoms with E-state index in [0.717, 1.165) is 12.8 Å². The van der Waals surface area contributed by atoms with E-state index in [9.17, 15) is 9.79 Å². The van der Waals surface area contributed by atoms with E-state index in [0.29, 0.717) is 6.42 Å². The van der Waals surface area contributed by atoms with E-state index in [1.165, 1.54) is 0 Å². The van der Waals surface area contributed by atoms with Crippen LogP contribution in [0.25, 0.3) is 0 Å². The molecule has 2 atom stereocenters. The molecular weight excluding hydrogens is 186 g/mol. The van der Waals surface area contributed by atoms with E-state index in [-0.39, 0.29) is 35.5 Å². The molecule has 0 aliphatic heterocycles. The van der Waals surface area contributed by atoms with Crippen LogP contribution >= 0.6 is 8.38 Å². The molecule has 1 aliphatic carbocycles.